The van der Waals surface area contributed by atoms with Crippen LogP contribution < -0.4 is 0 Å². The number of rotatable bonds is 4. The van der Waals surface area contributed by atoms with Crippen LogP contribution in [0.25, 0.3) is 22.4 Å². The third-order valence-corrected chi connectivity index (χ3v) is 4.10. The van der Waals surface area contributed by atoms with Crippen LogP contribution in [0.2, 0.25) is 0 Å². The number of hydrogen-bond acceptors (Lipinski definition) is 7. The van der Waals surface area contributed by atoms with Gasteiger partial charge in [-0.15, -0.1) is 0 Å². The fourth-order valence-electron chi connectivity index (χ4n) is 2.30. The molecule has 25 heavy (non-hydrogen) atoms. The van der Waals surface area contributed by atoms with E-state index in [2.05, 4.69) is 13.9 Å². The van der Waals surface area contributed by atoms with Crippen molar-refractivity contribution in [2.24, 2.45) is 0 Å². The zero-order valence-electron chi connectivity index (χ0n) is 12.7. The summed E-state index contributed by atoms with van der Waals surface area (Å²) in [6, 6.07) is 12.7. The van der Waals surface area contributed by atoms with Crippen LogP contribution in [0.4, 0.5) is 4.39 Å². The maximum atomic E-state index is 13.7. The Labute approximate surface area is 145 Å². The molecule has 8 heteroatoms. The van der Waals surface area contributed by atoms with Crippen molar-refractivity contribution in [1.29, 1.82) is 0 Å². The van der Waals surface area contributed by atoms with Gasteiger partial charge in [0.05, 0.1) is 22.9 Å². The first-order valence-corrected chi connectivity index (χ1v) is 8.04. The molecule has 0 amide bonds. The summed E-state index contributed by atoms with van der Waals surface area (Å²) in [7, 11) is 0. The molecule has 0 aliphatic heterocycles. The minimum atomic E-state index is -0.509. The summed E-state index contributed by atoms with van der Waals surface area (Å²) >= 11 is 1.08. The van der Waals surface area contributed by atoms with Crippen LogP contribution in [-0.2, 0) is 11.3 Å². The Bertz CT molecular complexity index is 1060. The van der Waals surface area contributed by atoms with Gasteiger partial charge in [-0.05, 0) is 30.3 Å². The normalized spacial score (nSPS) is 10.9. The second-order valence-electron chi connectivity index (χ2n) is 5.21. The van der Waals surface area contributed by atoms with Crippen molar-refractivity contribution >= 4 is 28.7 Å². The average Bonchev–Trinajstić information content (AvgIpc) is 3.28. The van der Waals surface area contributed by atoms with Gasteiger partial charge in [0.2, 0.25) is 0 Å². The van der Waals surface area contributed by atoms with Gasteiger partial charge in [0.25, 0.3) is 0 Å². The lowest BCUT2D eigenvalue weighted by atomic mass is 10.1. The summed E-state index contributed by atoms with van der Waals surface area (Å²) in [6.07, 6.45) is 0. The van der Waals surface area contributed by atoms with Gasteiger partial charge in [-0.3, -0.25) is 0 Å². The first-order valence-electron chi connectivity index (χ1n) is 7.30. The van der Waals surface area contributed by atoms with Crippen molar-refractivity contribution in [2.45, 2.75) is 6.61 Å². The minimum absolute atomic E-state index is 0.0792. The van der Waals surface area contributed by atoms with Gasteiger partial charge in [0.15, 0.2) is 5.76 Å². The Morgan fingerprint density at radius 3 is 2.84 bits per heavy atom. The quantitative estimate of drug-likeness (QED) is 0.518. The van der Waals surface area contributed by atoms with Gasteiger partial charge < -0.3 is 9.26 Å². The molecule has 0 aliphatic carbocycles. The van der Waals surface area contributed by atoms with Crippen molar-refractivity contribution in [3.05, 3.63) is 65.6 Å². The number of nitrogens with zero attached hydrogens (tertiary/aromatic N) is 3. The van der Waals surface area contributed by atoms with E-state index in [1.165, 1.54) is 6.07 Å². The summed E-state index contributed by atoms with van der Waals surface area (Å²) in [5.41, 5.74) is 2.44. The first-order chi connectivity index (χ1) is 12.2. The van der Waals surface area contributed by atoms with E-state index in [1.54, 1.807) is 42.5 Å². The van der Waals surface area contributed by atoms with Gasteiger partial charge in [-0.25, -0.2) is 9.18 Å². The van der Waals surface area contributed by atoms with E-state index in [4.69, 9.17) is 9.26 Å². The minimum Gasteiger partial charge on any atom is -0.455 e. The molecule has 0 atom stereocenters. The topological polar surface area (TPSA) is 78.1 Å². The van der Waals surface area contributed by atoms with Crippen molar-refractivity contribution < 1.29 is 18.4 Å². The number of fused-ring (bicyclic) bond motifs is 1. The third-order valence-electron chi connectivity index (χ3n) is 3.54. The molecule has 0 spiro atoms. The molecule has 0 radical (unpaired) electrons. The SMILES string of the molecule is O=C(OCc1cc(-c2ccccc2F)on1)c1ccc2nsnc2c1. The zero-order valence-corrected chi connectivity index (χ0v) is 13.5. The highest BCUT2D eigenvalue weighted by atomic mass is 32.1. The number of halogens is 1. The Hall–Kier alpha value is -3.13. The van der Waals surface area contributed by atoms with Crippen LogP contribution in [0, 0.1) is 5.82 Å². The molecule has 0 saturated heterocycles. The molecule has 0 saturated carbocycles. The monoisotopic (exact) mass is 355 g/mol. The van der Waals surface area contributed by atoms with Crippen LogP contribution in [0.1, 0.15) is 16.1 Å². The van der Waals surface area contributed by atoms with Gasteiger partial charge in [0.1, 0.15) is 29.2 Å². The number of carbonyl (C=O) groups is 1. The third kappa shape index (κ3) is 3.11. The number of esters is 1. The van der Waals surface area contributed by atoms with E-state index >= 15 is 0 Å². The highest BCUT2D eigenvalue weighted by Crippen LogP contribution is 2.23. The van der Waals surface area contributed by atoms with Gasteiger partial charge in [0, 0.05) is 6.07 Å². The van der Waals surface area contributed by atoms with E-state index in [0.29, 0.717) is 22.3 Å². The fourth-order valence-corrected chi connectivity index (χ4v) is 2.82. The highest BCUT2D eigenvalue weighted by molar-refractivity contribution is 7.00. The van der Waals surface area contributed by atoms with E-state index in [0.717, 1.165) is 17.2 Å². The molecule has 4 rings (SSSR count). The van der Waals surface area contributed by atoms with E-state index in [9.17, 15) is 9.18 Å². The van der Waals surface area contributed by atoms with Crippen LogP contribution >= 0.6 is 11.7 Å². The van der Waals surface area contributed by atoms with Crippen molar-refractivity contribution in [1.82, 2.24) is 13.9 Å². The second kappa shape index (κ2) is 6.40. The molecular formula is C17H10FN3O3S. The summed E-state index contributed by atoms with van der Waals surface area (Å²) < 4.78 is 32.2. The maximum Gasteiger partial charge on any atom is 0.338 e. The maximum absolute atomic E-state index is 13.7. The Morgan fingerprint density at radius 1 is 1.12 bits per heavy atom. The summed E-state index contributed by atoms with van der Waals surface area (Å²) in [5.74, 6) is -0.642. The largest absolute Gasteiger partial charge is 0.455 e. The summed E-state index contributed by atoms with van der Waals surface area (Å²) in [5, 5.41) is 3.80. The lowest BCUT2D eigenvalue weighted by Gasteiger charge is -2.02. The van der Waals surface area contributed by atoms with Crippen LogP contribution in [0.3, 0.4) is 0 Å². The Kier molecular flexibility index (Phi) is 3.95. The molecule has 0 bridgehead atoms. The molecule has 124 valence electrons. The molecule has 2 aromatic heterocycles. The standard InChI is InChI=1S/C17H10FN3O3S/c18-13-4-2-1-3-12(13)16-8-11(19-24-16)9-23-17(22)10-5-6-14-15(7-10)21-25-20-14/h1-8H,9H2. The van der Waals surface area contributed by atoms with Crippen molar-refractivity contribution in [2.75, 3.05) is 0 Å². The first kappa shape index (κ1) is 15.4. The zero-order chi connectivity index (χ0) is 17.2. The smallest absolute Gasteiger partial charge is 0.338 e. The van der Waals surface area contributed by atoms with E-state index in [1.807, 2.05) is 0 Å². The number of ether oxygens (including phenoxy) is 1. The molecule has 0 fully saturated rings. The Morgan fingerprint density at radius 2 is 1.96 bits per heavy atom. The summed E-state index contributed by atoms with van der Waals surface area (Å²) in [4.78, 5) is 12.1. The van der Waals surface area contributed by atoms with Crippen LogP contribution in [-0.4, -0.2) is 19.9 Å². The molecule has 4 aromatic rings. The lowest BCUT2D eigenvalue weighted by Crippen LogP contribution is -2.05. The Balaban J connectivity index is 1.46. The van der Waals surface area contributed by atoms with E-state index in [-0.39, 0.29) is 12.4 Å². The van der Waals surface area contributed by atoms with Gasteiger partial charge in [-0.1, -0.05) is 17.3 Å². The predicted molar refractivity (Wildman–Crippen MR) is 88.4 cm³/mol. The molecule has 6 nitrogen and oxygen atoms in total. The molecule has 0 aliphatic rings. The van der Waals surface area contributed by atoms with Crippen molar-refractivity contribution in [3.63, 3.8) is 0 Å². The van der Waals surface area contributed by atoms with E-state index < -0.39 is 11.8 Å². The molecule has 0 unspecified atom stereocenters. The highest BCUT2D eigenvalue weighted by Gasteiger charge is 2.14. The summed E-state index contributed by atoms with van der Waals surface area (Å²) in [6.45, 7) is -0.0792. The fraction of sp³-hybridized carbons (Fsp3) is 0.0588. The number of hydrogen-bond donors (Lipinski definition) is 0. The molecule has 2 heterocycles. The van der Waals surface area contributed by atoms with Crippen molar-refractivity contribution in [3.8, 4) is 11.3 Å². The second-order valence-corrected chi connectivity index (χ2v) is 5.73. The number of benzene rings is 2. The number of aromatic nitrogens is 3. The molecular weight excluding hydrogens is 345 g/mol. The van der Waals surface area contributed by atoms with Gasteiger partial charge in [-0.2, -0.15) is 8.75 Å². The van der Waals surface area contributed by atoms with Gasteiger partial charge >= 0.3 is 5.97 Å². The predicted octanol–water partition coefficient (Wildman–Crippen LogP) is 3.84. The molecule has 0 N–H and O–H groups in total. The molecule has 2 aromatic carbocycles. The lowest BCUT2D eigenvalue weighted by molar-refractivity contribution is 0.0464. The average molecular weight is 355 g/mol. The van der Waals surface area contributed by atoms with Crippen LogP contribution in [0.5, 0.6) is 0 Å². The van der Waals surface area contributed by atoms with Crippen LogP contribution in [0.15, 0.2) is 53.1 Å². The number of carbonyl (C=O) groups excluding carboxylic acids is 1.